The molecule has 0 fully saturated rings. The molecule has 1 nitrogen and oxygen atoms in total. The molecule has 2 unspecified atom stereocenters. The number of hydrogen-bond acceptors (Lipinski definition) is 1. The average Bonchev–Trinajstić information content (AvgIpc) is 2.29. The summed E-state index contributed by atoms with van der Waals surface area (Å²) in [5, 5.41) is 0. The summed E-state index contributed by atoms with van der Waals surface area (Å²) < 4.78 is 5.62. The first-order chi connectivity index (χ1) is 7.72. The molecule has 0 N–H and O–H groups in total. The molecule has 2 atom stereocenters. The Morgan fingerprint density at radius 3 is 2.88 bits per heavy atom. The lowest BCUT2D eigenvalue weighted by atomic mass is 9.78. The van der Waals surface area contributed by atoms with Crippen LogP contribution in [0.1, 0.15) is 36.8 Å². The molecule has 1 aliphatic rings. The predicted molar refractivity (Wildman–Crippen MR) is 67.7 cm³/mol. The van der Waals surface area contributed by atoms with Crippen LogP contribution in [0.5, 0.6) is 0 Å². The molecule has 0 saturated carbocycles. The van der Waals surface area contributed by atoms with Crippen molar-refractivity contribution in [3.05, 3.63) is 47.5 Å². The van der Waals surface area contributed by atoms with E-state index in [0.717, 1.165) is 19.3 Å². The van der Waals surface area contributed by atoms with E-state index in [1.807, 2.05) is 7.11 Å². The molecular formula is C15H20O. The minimum absolute atomic E-state index is 0.353. The van der Waals surface area contributed by atoms with E-state index in [0.29, 0.717) is 12.0 Å². The first kappa shape index (κ1) is 11.4. The van der Waals surface area contributed by atoms with Crippen molar-refractivity contribution in [2.24, 2.45) is 0 Å². The van der Waals surface area contributed by atoms with Gasteiger partial charge in [-0.3, -0.25) is 0 Å². The van der Waals surface area contributed by atoms with Crippen molar-refractivity contribution < 1.29 is 4.74 Å². The summed E-state index contributed by atoms with van der Waals surface area (Å²) in [6, 6.07) is 8.74. The topological polar surface area (TPSA) is 9.23 Å². The number of aryl methyl sites for hydroxylation is 1. The Bertz CT molecular complexity index is 381. The van der Waals surface area contributed by atoms with Gasteiger partial charge in [0.1, 0.15) is 0 Å². The number of allylic oxidation sites excluding steroid dienone is 1. The lowest BCUT2D eigenvalue weighted by Gasteiger charge is -2.33. The number of ether oxygens (including phenoxy) is 1. The van der Waals surface area contributed by atoms with Crippen molar-refractivity contribution in [3.63, 3.8) is 0 Å². The maximum atomic E-state index is 5.62. The highest BCUT2D eigenvalue weighted by Crippen LogP contribution is 2.37. The van der Waals surface area contributed by atoms with Crippen LogP contribution in [-0.4, -0.2) is 13.2 Å². The van der Waals surface area contributed by atoms with Gasteiger partial charge in [0.15, 0.2) is 0 Å². The van der Waals surface area contributed by atoms with E-state index in [-0.39, 0.29) is 0 Å². The number of benzene rings is 1. The Morgan fingerprint density at radius 2 is 2.19 bits per heavy atom. The van der Waals surface area contributed by atoms with E-state index in [1.54, 1.807) is 0 Å². The zero-order valence-electron chi connectivity index (χ0n) is 10.2. The largest absolute Gasteiger partial charge is 0.381 e. The Hall–Kier alpha value is -1.08. The third-order valence-electron chi connectivity index (χ3n) is 3.47. The molecule has 1 aliphatic carbocycles. The molecule has 2 rings (SSSR count). The van der Waals surface area contributed by atoms with Crippen molar-refractivity contribution in [2.75, 3.05) is 7.11 Å². The highest BCUT2D eigenvalue weighted by molar-refractivity contribution is 5.34. The van der Waals surface area contributed by atoms with Gasteiger partial charge in [-0.1, -0.05) is 29.8 Å². The van der Waals surface area contributed by atoms with E-state index in [1.165, 1.54) is 16.7 Å². The molecule has 0 amide bonds. The molecule has 0 radical (unpaired) electrons. The zero-order valence-corrected chi connectivity index (χ0v) is 10.2. The standard InChI is InChI=1S/C15H20O/c1-11(2)10-14-13-7-5-4-6-12(13)8-9-15(14)16-3/h4-7,14-15H,1,8-10H2,2-3H3. The maximum Gasteiger partial charge on any atom is 0.0646 e. The Labute approximate surface area is 98.1 Å². The fourth-order valence-corrected chi connectivity index (χ4v) is 2.72. The molecule has 16 heavy (non-hydrogen) atoms. The van der Waals surface area contributed by atoms with Gasteiger partial charge in [0.05, 0.1) is 6.10 Å². The fraction of sp³-hybridized carbons (Fsp3) is 0.467. The summed E-state index contributed by atoms with van der Waals surface area (Å²) in [5.74, 6) is 0.493. The molecule has 1 aromatic carbocycles. The first-order valence-electron chi connectivity index (χ1n) is 5.97. The van der Waals surface area contributed by atoms with Gasteiger partial charge < -0.3 is 4.74 Å². The normalized spacial score (nSPS) is 23.9. The molecule has 0 bridgehead atoms. The van der Waals surface area contributed by atoms with Gasteiger partial charge >= 0.3 is 0 Å². The molecule has 0 heterocycles. The lowest BCUT2D eigenvalue weighted by molar-refractivity contribution is 0.0661. The number of methoxy groups -OCH3 is 1. The monoisotopic (exact) mass is 216 g/mol. The van der Waals surface area contributed by atoms with Crippen LogP contribution >= 0.6 is 0 Å². The molecule has 0 aromatic heterocycles. The summed E-state index contributed by atoms with van der Waals surface area (Å²) in [6.45, 7) is 6.14. The highest BCUT2D eigenvalue weighted by Gasteiger charge is 2.28. The van der Waals surface area contributed by atoms with E-state index in [4.69, 9.17) is 4.74 Å². The summed E-state index contributed by atoms with van der Waals surface area (Å²) in [4.78, 5) is 0. The molecule has 1 heteroatoms. The van der Waals surface area contributed by atoms with Crippen molar-refractivity contribution in [1.29, 1.82) is 0 Å². The van der Waals surface area contributed by atoms with Gasteiger partial charge in [-0.2, -0.15) is 0 Å². The van der Waals surface area contributed by atoms with Crippen LogP contribution in [0.2, 0.25) is 0 Å². The highest BCUT2D eigenvalue weighted by atomic mass is 16.5. The fourth-order valence-electron chi connectivity index (χ4n) is 2.72. The van der Waals surface area contributed by atoms with Gasteiger partial charge in [-0.25, -0.2) is 0 Å². The van der Waals surface area contributed by atoms with E-state index >= 15 is 0 Å². The maximum absolute atomic E-state index is 5.62. The quantitative estimate of drug-likeness (QED) is 0.700. The molecule has 86 valence electrons. The van der Waals surface area contributed by atoms with Gasteiger partial charge in [-0.15, -0.1) is 6.58 Å². The summed E-state index contributed by atoms with van der Waals surface area (Å²) in [6.07, 6.45) is 3.66. The number of hydrogen-bond donors (Lipinski definition) is 0. The van der Waals surface area contributed by atoms with E-state index in [2.05, 4.69) is 37.8 Å². The van der Waals surface area contributed by atoms with Crippen LogP contribution in [0.25, 0.3) is 0 Å². The Balaban J connectivity index is 2.32. The molecule has 0 spiro atoms. The Kier molecular flexibility index (Phi) is 3.45. The Morgan fingerprint density at radius 1 is 1.44 bits per heavy atom. The van der Waals surface area contributed by atoms with Crippen LogP contribution in [0, 0.1) is 0 Å². The van der Waals surface area contributed by atoms with Crippen LogP contribution in [-0.2, 0) is 11.2 Å². The smallest absolute Gasteiger partial charge is 0.0646 e. The number of fused-ring (bicyclic) bond motifs is 1. The van der Waals surface area contributed by atoms with Crippen molar-refractivity contribution in [3.8, 4) is 0 Å². The summed E-state index contributed by atoms with van der Waals surface area (Å²) in [5.41, 5.74) is 4.19. The average molecular weight is 216 g/mol. The minimum Gasteiger partial charge on any atom is -0.381 e. The lowest BCUT2D eigenvalue weighted by Crippen LogP contribution is -2.27. The van der Waals surface area contributed by atoms with Gasteiger partial charge in [0.25, 0.3) is 0 Å². The van der Waals surface area contributed by atoms with Gasteiger partial charge in [0, 0.05) is 13.0 Å². The van der Waals surface area contributed by atoms with Gasteiger partial charge in [-0.05, 0) is 37.3 Å². The predicted octanol–water partition coefficient (Wildman–Crippen LogP) is 3.70. The SMILES string of the molecule is C=C(C)CC1c2ccccc2CCC1OC. The van der Waals surface area contributed by atoms with Crippen molar-refractivity contribution in [2.45, 2.75) is 38.2 Å². The third-order valence-corrected chi connectivity index (χ3v) is 3.47. The summed E-state index contributed by atoms with van der Waals surface area (Å²) >= 11 is 0. The molecule has 0 saturated heterocycles. The van der Waals surface area contributed by atoms with E-state index in [9.17, 15) is 0 Å². The van der Waals surface area contributed by atoms with Crippen molar-refractivity contribution >= 4 is 0 Å². The molecule has 1 aromatic rings. The second-order valence-corrected chi connectivity index (χ2v) is 4.78. The van der Waals surface area contributed by atoms with E-state index < -0.39 is 0 Å². The van der Waals surface area contributed by atoms with Crippen LogP contribution < -0.4 is 0 Å². The van der Waals surface area contributed by atoms with Crippen LogP contribution in [0.3, 0.4) is 0 Å². The number of rotatable bonds is 3. The van der Waals surface area contributed by atoms with Crippen molar-refractivity contribution in [1.82, 2.24) is 0 Å². The first-order valence-corrected chi connectivity index (χ1v) is 5.97. The molecule has 0 aliphatic heterocycles. The van der Waals surface area contributed by atoms with Crippen LogP contribution in [0.4, 0.5) is 0 Å². The third kappa shape index (κ3) is 2.19. The minimum atomic E-state index is 0.353. The second-order valence-electron chi connectivity index (χ2n) is 4.78. The summed E-state index contributed by atoms with van der Waals surface area (Å²) in [7, 11) is 1.82. The van der Waals surface area contributed by atoms with Gasteiger partial charge in [0.2, 0.25) is 0 Å². The zero-order chi connectivity index (χ0) is 11.5. The molecular weight excluding hydrogens is 196 g/mol. The van der Waals surface area contributed by atoms with Crippen LogP contribution in [0.15, 0.2) is 36.4 Å². The second kappa shape index (κ2) is 4.84.